The first-order valence-electron chi connectivity index (χ1n) is 10.5. The van der Waals surface area contributed by atoms with Gasteiger partial charge < -0.3 is 27.4 Å². The van der Waals surface area contributed by atoms with Gasteiger partial charge in [-0.1, -0.05) is 24.3 Å². The van der Waals surface area contributed by atoms with Crippen LogP contribution in [0.25, 0.3) is 0 Å². The first-order valence-corrected chi connectivity index (χ1v) is 10.5. The van der Waals surface area contributed by atoms with Gasteiger partial charge in [-0.15, -0.1) is 0 Å². The van der Waals surface area contributed by atoms with Crippen molar-refractivity contribution in [2.24, 2.45) is 11.5 Å². The number of nitrogens with two attached hydrogens (primary N) is 3. The van der Waals surface area contributed by atoms with E-state index in [-0.39, 0.29) is 29.9 Å². The maximum atomic E-state index is 13.3. The summed E-state index contributed by atoms with van der Waals surface area (Å²) in [5.74, 6) is 0.0631. The summed E-state index contributed by atoms with van der Waals surface area (Å²) in [6.07, 6.45) is 4.39. The number of carbonyl (C=O) groups is 1. The molecule has 1 aliphatic heterocycles. The van der Waals surface area contributed by atoms with E-state index in [0.717, 1.165) is 42.5 Å². The van der Waals surface area contributed by atoms with E-state index in [2.05, 4.69) is 10.2 Å². The second-order valence-electron chi connectivity index (χ2n) is 8.47. The Bertz CT molecular complexity index is 950. The predicted octanol–water partition coefficient (Wildman–Crippen LogP) is 1.87. The summed E-state index contributed by atoms with van der Waals surface area (Å²) in [6, 6.07) is 13.6. The van der Waals surface area contributed by atoms with Gasteiger partial charge in [0.2, 0.25) is 5.91 Å². The van der Waals surface area contributed by atoms with Crippen molar-refractivity contribution in [3.8, 4) is 0 Å². The van der Waals surface area contributed by atoms with Gasteiger partial charge in [0.15, 0.2) is 0 Å². The zero-order valence-corrected chi connectivity index (χ0v) is 17.1. The Hall–Kier alpha value is -3.06. The van der Waals surface area contributed by atoms with Crippen molar-refractivity contribution in [3.63, 3.8) is 0 Å². The second-order valence-corrected chi connectivity index (χ2v) is 8.47. The molecule has 1 aliphatic carbocycles. The highest BCUT2D eigenvalue weighted by Gasteiger charge is 2.36. The zero-order chi connectivity index (χ0) is 21.3. The number of benzene rings is 2. The van der Waals surface area contributed by atoms with Gasteiger partial charge in [-0.05, 0) is 55.0 Å². The highest BCUT2D eigenvalue weighted by atomic mass is 16.2. The Kier molecular flexibility index (Phi) is 5.63. The van der Waals surface area contributed by atoms with E-state index in [4.69, 9.17) is 22.6 Å². The molecule has 1 atom stereocenters. The summed E-state index contributed by atoms with van der Waals surface area (Å²) in [5, 5.41) is 11.0. The summed E-state index contributed by atoms with van der Waals surface area (Å²) in [6.45, 7) is 0.563. The van der Waals surface area contributed by atoms with Crippen LogP contribution >= 0.6 is 0 Å². The van der Waals surface area contributed by atoms with Crippen LogP contribution in [0.4, 0.5) is 11.4 Å². The highest BCUT2D eigenvalue weighted by molar-refractivity contribution is 5.97. The van der Waals surface area contributed by atoms with Crippen LogP contribution in [0.1, 0.15) is 42.4 Å². The number of anilines is 2. The Labute approximate surface area is 177 Å². The number of amidine groups is 1. The van der Waals surface area contributed by atoms with E-state index in [1.807, 2.05) is 42.5 Å². The van der Waals surface area contributed by atoms with E-state index in [1.165, 1.54) is 0 Å². The van der Waals surface area contributed by atoms with Crippen molar-refractivity contribution >= 4 is 23.1 Å². The average molecular weight is 407 g/mol. The number of fused-ring (bicyclic) bond motifs is 1. The fourth-order valence-electron chi connectivity index (χ4n) is 4.54. The molecule has 0 saturated heterocycles. The number of hydrogen-bond donors (Lipinski definition) is 5. The lowest BCUT2D eigenvalue weighted by Crippen LogP contribution is -2.49. The molecule has 2 aliphatic rings. The molecule has 1 fully saturated rings. The fraction of sp³-hybridized carbons (Fsp3) is 0.391. The summed E-state index contributed by atoms with van der Waals surface area (Å²) in [5.41, 5.74) is 22.1. The van der Waals surface area contributed by atoms with E-state index in [9.17, 15) is 4.79 Å². The number of nitrogens with zero attached hydrogens (tertiary/aromatic N) is 1. The lowest BCUT2D eigenvalue weighted by molar-refractivity contribution is -0.123. The standard InChI is InChI=1S/C23H30N6O/c24-17-6-8-19(9-7-17)28-23(30)21-11-15-4-5-16(22(26)27)12-20(15)29(21)13-14-2-1-3-18(25)10-14/h1-5,10,12,17,19,21H,6-9,11,13,24-25H2,(H3,26,27)(H,28,30). The number of nitrogens with one attached hydrogen (secondary N) is 2. The molecule has 0 bridgehead atoms. The number of nitrogen functional groups attached to an aromatic ring is 2. The molecular formula is C23H30N6O. The van der Waals surface area contributed by atoms with Crippen molar-refractivity contribution in [3.05, 3.63) is 59.2 Å². The monoisotopic (exact) mass is 406 g/mol. The molecule has 1 saturated carbocycles. The molecule has 2 aromatic rings. The minimum absolute atomic E-state index is 0.0214. The first-order chi connectivity index (χ1) is 14.4. The molecule has 7 heteroatoms. The molecule has 0 radical (unpaired) electrons. The number of hydrogen-bond acceptors (Lipinski definition) is 5. The van der Waals surface area contributed by atoms with Crippen molar-refractivity contribution in [2.75, 3.05) is 10.6 Å². The minimum Gasteiger partial charge on any atom is -0.399 e. The van der Waals surface area contributed by atoms with Crippen LogP contribution in [0, 0.1) is 5.41 Å². The first kappa shape index (κ1) is 20.2. The fourth-order valence-corrected chi connectivity index (χ4v) is 4.54. The summed E-state index contributed by atoms with van der Waals surface area (Å²) in [4.78, 5) is 15.4. The van der Waals surface area contributed by atoms with Crippen LogP contribution in [0.15, 0.2) is 42.5 Å². The van der Waals surface area contributed by atoms with E-state index in [1.54, 1.807) is 0 Å². The lowest BCUT2D eigenvalue weighted by Gasteiger charge is -2.31. The van der Waals surface area contributed by atoms with Crippen LogP contribution in [0.3, 0.4) is 0 Å². The minimum atomic E-state index is -0.306. The van der Waals surface area contributed by atoms with E-state index >= 15 is 0 Å². The molecule has 4 rings (SSSR count). The van der Waals surface area contributed by atoms with Crippen molar-refractivity contribution < 1.29 is 4.79 Å². The Morgan fingerprint density at radius 2 is 1.90 bits per heavy atom. The maximum Gasteiger partial charge on any atom is 0.243 e. The van der Waals surface area contributed by atoms with Gasteiger partial charge in [0.05, 0.1) is 0 Å². The SMILES string of the molecule is N=C(N)c1ccc2c(c1)N(Cc1cccc(N)c1)C(C(=O)NC1CCC(N)CC1)C2. The van der Waals surface area contributed by atoms with Crippen molar-refractivity contribution in [1.82, 2.24) is 5.32 Å². The number of rotatable bonds is 5. The van der Waals surface area contributed by atoms with Gasteiger partial charge in [-0.25, -0.2) is 0 Å². The van der Waals surface area contributed by atoms with Gasteiger partial charge in [-0.2, -0.15) is 0 Å². The summed E-state index contributed by atoms with van der Waals surface area (Å²) in [7, 11) is 0. The predicted molar refractivity (Wildman–Crippen MR) is 120 cm³/mol. The quantitative estimate of drug-likeness (QED) is 0.294. The van der Waals surface area contributed by atoms with Crippen LogP contribution in [-0.2, 0) is 17.8 Å². The Morgan fingerprint density at radius 3 is 2.60 bits per heavy atom. The number of amides is 1. The average Bonchev–Trinajstić information content (AvgIpc) is 3.07. The molecule has 1 unspecified atom stereocenters. The van der Waals surface area contributed by atoms with Crippen LogP contribution in [-0.4, -0.2) is 29.9 Å². The molecule has 0 aromatic heterocycles. The normalized spacial score (nSPS) is 23.1. The van der Waals surface area contributed by atoms with Gasteiger partial charge in [-0.3, -0.25) is 10.2 Å². The molecule has 1 heterocycles. The van der Waals surface area contributed by atoms with Crippen molar-refractivity contribution in [1.29, 1.82) is 5.41 Å². The molecule has 8 N–H and O–H groups in total. The molecular weight excluding hydrogens is 376 g/mol. The highest BCUT2D eigenvalue weighted by Crippen LogP contribution is 2.35. The third kappa shape index (κ3) is 4.26. The second kappa shape index (κ2) is 8.36. The summed E-state index contributed by atoms with van der Waals surface area (Å²) < 4.78 is 0. The van der Waals surface area contributed by atoms with Gasteiger partial charge >= 0.3 is 0 Å². The largest absolute Gasteiger partial charge is 0.399 e. The molecule has 30 heavy (non-hydrogen) atoms. The van der Waals surface area contributed by atoms with Crippen molar-refractivity contribution in [2.45, 2.75) is 56.8 Å². The third-order valence-electron chi connectivity index (χ3n) is 6.22. The number of carbonyl (C=O) groups excluding carboxylic acids is 1. The van der Waals surface area contributed by atoms with Gasteiger partial charge in [0.1, 0.15) is 11.9 Å². The maximum absolute atomic E-state index is 13.3. The van der Waals surface area contributed by atoms with Gasteiger partial charge in [0.25, 0.3) is 0 Å². The van der Waals surface area contributed by atoms with Crippen LogP contribution in [0.2, 0.25) is 0 Å². The third-order valence-corrected chi connectivity index (χ3v) is 6.22. The van der Waals surface area contributed by atoms with E-state index < -0.39 is 0 Å². The van der Waals surface area contributed by atoms with Crippen LogP contribution < -0.4 is 27.4 Å². The van der Waals surface area contributed by atoms with Crippen LogP contribution in [0.5, 0.6) is 0 Å². The Morgan fingerprint density at radius 1 is 1.13 bits per heavy atom. The molecule has 158 valence electrons. The zero-order valence-electron chi connectivity index (χ0n) is 17.1. The van der Waals surface area contributed by atoms with E-state index in [0.29, 0.717) is 24.2 Å². The molecule has 1 amide bonds. The Balaban J connectivity index is 1.59. The van der Waals surface area contributed by atoms with Gasteiger partial charge in [0, 0.05) is 42.0 Å². The smallest absolute Gasteiger partial charge is 0.243 e. The molecule has 2 aromatic carbocycles. The molecule has 0 spiro atoms. The lowest BCUT2D eigenvalue weighted by atomic mass is 9.91. The molecule has 7 nitrogen and oxygen atoms in total. The summed E-state index contributed by atoms with van der Waals surface area (Å²) >= 11 is 0. The topological polar surface area (TPSA) is 134 Å².